The van der Waals surface area contributed by atoms with E-state index in [4.69, 9.17) is 16.3 Å². The number of nitrogens with one attached hydrogen (secondary N) is 1. The van der Waals surface area contributed by atoms with Gasteiger partial charge in [0.05, 0.1) is 16.4 Å². The van der Waals surface area contributed by atoms with Crippen molar-refractivity contribution in [3.8, 4) is 28.5 Å². The van der Waals surface area contributed by atoms with Crippen LogP contribution in [-0.4, -0.2) is 46.1 Å². The van der Waals surface area contributed by atoms with Crippen molar-refractivity contribution in [2.45, 2.75) is 52.8 Å². The van der Waals surface area contributed by atoms with Crippen molar-refractivity contribution in [2.24, 2.45) is 5.41 Å². The molecule has 0 unspecified atom stereocenters. The molecule has 0 saturated carbocycles. The van der Waals surface area contributed by atoms with Crippen LogP contribution in [0.3, 0.4) is 0 Å². The Balaban J connectivity index is 1.91. The molecule has 0 bridgehead atoms. The van der Waals surface area contributed by atoms with Crippen molar-refractivity contribution < 1.29 is 13.2 Å². The van der Waals surface area contributed by atoms with E-state index in [9.17, 15) is 13.2 Å². The van der Waals surface area contributed by atoms with Crippen molar-refractivity contribution in [3.63, 3.8) is 0 Å². The fraction of sp³-hybridized carbons (Fsp3) is 0.423. The second-order valence-corrected chi connectivity index (χ2v) is 14.1. The molecule has 36 heavy (non-hydrogen) atoms. The van der Waals surface area contributed by atoms with Gasteiger partial charge in [0.25, 0.3) is 0 Å². The molecule has 3 rings (SSSR count). The number of hydrogen-bond acceptors (Lipinski definition) is 6. The zero-order valence-corrected chi connectivity index (χ0v) is 23.3. The van der Waals surface area contributed by atoms with Crippen LogP contribution in [0.1, 0.15) is 47.1 Å². The van der Waals surface area contributed by atoms with E-state index in [0.717, 1.165) is 0 Å². The molecule has 10 heteroatoms. The number of aromatic nitrogens is 3. The van der Waals surface area contributed by atoms with Gasteiger partial charge < -0.3 is 4.74 Å². The Labute approximate surface area is 217 Å². The Hall–Kier alpha value is -2.75. The van der Waals surface area contributed by atoms with Crippen molar-refractivity contribution >= 4 is 21.6 Å². The Morgan fingerprint density at radius 2 is 1.64 bits per heavy atom. The van der Waals surface area contributed by atoms with Crippen LogP contribution >= 0.6 is 11.6 Å². The van der Waals surface area contributed by atoms with Gasteiger partial charge in [-0.05, 0) is 68.1 Å². The summed E-state index contributed by atoms with van der Waals surface area (Å²) >= 11 is 6.44. The molecule has 3 aromatic rings. The van der Waals surface area contributed by atoms with Gasteiger partial charge >= 0.3 is 5.69 Å². The van der Waals surface area contributed by atoms with Crippen LogP contribution in [0, 0.1) is 5.41 Å². The first-order valence-electron chi connectivity index (χ1n) is 11.5. The molecule has 0 saturated heterocycles. The minimum absolute atomic E-state index is 0.0307. The van der Waals surface area contributed by atoms with Crippen LogP contribution < -0.4 is 10.4 Å². The summed E-state index contributed by atoms with van der Waals surface area (Å²) in [7, 11) is -1.99. The topological polar surface area (TPSA) is 105 Å². The van der Waals surface area contributed by atoms with Crippen LogP contribution in [0.2, 0.25) is 5.02 Å². The number of H-pyrrole nitrogens is 1. The van der Waals surface area contributed by atoms with E-state index < -0.39 is 20.5 Å². The monoisotopic (exact) mass is 532 g/mol. The predicted molar refractivity (Wildman–Crippen MR) is 144 cm³/mol. The Bertz CT molecular complexity index is 1390. The SMILES string of the molecule is CN(Cc1ccc(Cl)c(-c2nc(-c3ccc(OCC(C)(C)C)cc3)nc(=O)[nH]2)c1)S(=O)(=O)C(C)(C)C. The Morgan fingerprint density at radius 3 is 2.22 bits per heavy atom. The van der Waals surface area contributed by atoms with Crippen LogP contribution in [0.15, 0.2) is 47.3 Å². The van der Waals surface area contributed by atoms with E-state index in [-0.39, 0.29) is 23.6 Å². The smallest absolute Gasteiger partial charge is 0.348 e. The number of rotatable bonds is 7. The van der Waals surface area contributed by atoms with E-state index in [2.05, 4.69) is 35.7 Å². The first-order valence-corrected chi connectivity index (χ1v) is 13.3. The molecular formula is C26H33ClN4O4S. The van der Waals surface area contributed by atoms with E-state index >= 15 is 0 Å². The highest BCUT2D eigenvalue weighted by molar-refractivity contribution is 7.90. The lowest BCUT2D eigenvalue weighted by Gasteiger charge is -2.27. The van der Waals surface area contributed by atoms with Gasteiger partial charge in [0.2, 0.25) is 10.0 Å². The molecule has 1 N–H and O–H groups in total. The van der Waals surface area contributed by atoms with Crippen molar-refractivity contribution in [1.29, 1.82) is 0 Å². The molecule has 0 spiro atoms. The van der Waals surface area contributed by atoms with Crippen molar-refractivity contribution in [3.05, 3.63) is 63.5 Å². The van der Waals surface area contributed by atoms with E-state index in [1.807, 2.05) is 12.1 Å². The van der Waals surface area contributed by atoms with E-state index in [1.54, 1.807) is 51.1 Å². The van der Waals surface area contributed by atoms with E-state index in [1.165, 1.54) is 11.4 Å². The van der Waals surface area contributed by atoms with Crippen LogP contribution in [0.5, 0.6) is 5.75 Å². The normalized spacial score (nSPS) is 12.7. The van der Waals surface area contributed by atoms with Crippen molar-refractivity contribution in [2.75, 3.05) is 13.7 Å². The number of hydrogen-bond donors (Lipinski definition) is 1. The molecule has 1 aromatic heterocycles. The second kappa shape index (κ2) is 10.3. The summed E-state index contributed by atoms with van der Waals surface area (Å²) in [5.74, 6) is 1.19. The summed E-state index contributed by atoms with van der Waals surface area (Å²) in [4.78, 5) is 23.6. The molecule has 0 atom stereocenters. The predicted octanol–water partition coefficient (Wildman–Crippen LogP) is 5.14. The number of aromatic amines is 1. The molecule has 0 fully saturated rings. The van der Waals surface area contributed by atoms with Gasteiger partial charge in [-0.15, -0.1) is 0 Å². The summed E-state index contributed by atoms with van der Waals surface area (Å²) in [5, 5.41) is 0.367. The number of ether oxygens (including phenoxy) is 1. The molecule has 0 amide bonds. The minimum Gasteiger partial charge on any atom is -0.493 e. The standard InChI is InChI=1S/C26H33ClN4O4S/c1-25(2,3)16-35-19-11-9-18(10-12-19)22-28-23(30-24(32)29-22)20-14-17(8-13-21(20)27)15-31(7)36(33,34)26(4,5)6/h8-14H,15-16H2,1-7H3,(H,28,29,30,32). The van der Waals surface area contributed by atoms with Gasteiger partial charge in [-0.1, -0.05) is 38.4 Å². The first-order chi connectivity index (χ1) is 16.6. The molecule has 1 heterocycles. The molecule has 194 valence electrons. The summed E-state index contributed by atoms with van der Waals surface area (Å²) in [6.45, 7) is 12.0. The number of sulfonamides is 1. The third-order valence-corrected chi connectivity index (χ3v) is 8.14. The summed E-state index contributed by atoms with van der Waals surface area (Å²) in [5.41, 5.74) is 1.28. The molecule has 0 aliphatic heterocycles. The Morgan fingerprint density at radius 1 is 1.00 bits per heavy atom. The van der Waals surface area contributed by atoms with Gasteiger partial charge in [-0.2, -0.15) is 4.98 Å². The molecule has 2 aromatic carbocycles. The van der Waals surface area contributed by atoms with Crippen LogP contribution in [-0.2, 0) is 16.6 Å². The minimum atomic E-state index is -3.52. The highest BCUT2D eigenvalue weighted by Gasteiger charge is 2.33. The largest absolute Gasteiger partial charge is 0.493 e. The lowest BCUT2D eigenvalue weighted by Crippen LogP contribution is -2.40. The fourth-order valence-electron chi connectivity index (χ4n) is 3.30. The van der Waals surface area contributed by atoms with Gasteiger partial charge in [0.15, 0.2) is 5.82 Å². The zero-order valence-electron chi connectivity index (χ0n) is 21.7. The maximum atomic E-state index is 12.8. The average Bonchev–Trinajstić information content (AvgIpc) is 2.77. The fourth-order valence-corrected chi connectivity index (χ4v) is 4.76. The van der Waals surface area contributed by atoms with E-state index in [0.29, 0.717) is 34.1 Å². The highest BCUT2D eigenvalue weighted by atomic mass is 35.5. The average molecular weight is 533 g/mol. The lowest BCUT2D eigenvalue weighted by atomic mass is 9.99. The molecule has 0 radical (unpaired) electrons. The number of benzene rings is 2. The van der Waals surface area contributed by atoms with Gasteiger partial charge in [0, 0.05) is 24.7 Å². The van der Waals surface area contributed by atoms with Gasteiger partial charge in [-0.3, -0.25) is 4.98 Å². The van der Waals surface area contributed by atoms with Crippen molar-refractivity contribution in [1.82, 2.24) is 19.3 Å². The molecule has 0 aliphatic carbocycles. The lowest BCUT2D eigenvalue weighted by molar-refractivity contribution is 0.198. The summed E-state index contributed by atoms with van der Waals surface area (Å²) < 4.78 is 31.7. The van der Waals surface area contributed by atoms with Crippen LogP contribution in [0.25, 0.3) is 22.8 Å². The van der Waals surface area contributed by atoms with Gasteiger partial charge in [0.1, 0.15) is 11.6 Å². The number of halogens is 1. The third-order valence-electron chi connectivity index (χ3n) is 5.31. The molecule has 8 nitrogen and oxygen atoms in total. The quantitative estimate of drug-likeness (QED) is 0.452. The highest BCUT2D eigenvalue weighted by Crippen LogP contribution is 2.29. The zero-order chi connectivity index (χ0) is 26.9. The maximum Gasteiger partial charge on any atom is 0.348 e. The summed E-state index contributed by atoms with van der Waals surface area (Å²) in [6, 6.07) is 12.3. The van der Waals surface area contributed by atoms with Crippen LogP contribution in [0.4, 0.5) is 0 Å². The maximum absolute atomic E-state index is 12.8. The third kappa shape index (κ3) is 6.72. The number of nitrogens with zero attached hydrogens (tertiary/aromatic N) is 3. The first kappa shape index (κ1) is 27.8. The Kier molecular flexibility index (Phi) is 7.98. The summed E-state index contributed by atoms with van der Waals surface area (Å²) in [6.07, 6.45) is 0. The second-order valence-electron chi connectivity index (χ2n) is 10.9. The molecular weight excluding hydrogens is 500 g/mol. The van der Waals surface area contributed by atoms with Gasteiger partial charge in [-0.25, -0.2) is 22.5 Å². The molecule has 0 aliphatic rings.